The molecule has 8 nitrogen and oxygen atoms in total. The van der Waals surface area contributed by atoms with Gasteiger partial charge in [-0.05, 0) is 25.0 Å². The van der Waals surface area contributed by atoms with Gasteiger partial charge < -0.3 is 9.47 Å². The molecular weight excluding hydrogens is 356 g/mol. The second kappa shape index (κ2) is 7.56. The van der Waals surface area contributed by atoms with Crippen LogP contribution in [0.5, 0.6) is 17.4 Å². The molecule has 140 valence electrons. The lowest BCUT2D eigenvalue weighted by atomic mass is 10.2. The highest BCUT2D eigenvalue weighted by Crippen LogP contribution is 2.35. The van der Waals surface area contributed by atoms with E-state index in [0.29, 0.717) is 36.0 Å². The Labute approximate surface area is 153 Å². The Morgan fingerprint density at radius 2 is 1.92 bits per heavy atom. The molecule has 1 saturated heterocycles. The summed E-state index contributed by atoms with van der Waals surface area (Å²) in [4.78, 5) is 8.66. The van der Waals surface area contributed by atoms with E-state index < -0.39 is 10.2 Å². The maximum atomic E-state index is 12.5. The first-order valence-electron chi connectivity index (χ1n) is 8.25. The predicted octanol–water partition coefficient (Wildman–Crippen LogP) is 2.22. The molecule has 9 heteroatoms. The van der Waals surface area contributed by atoms with Gasteiger partial charge in [0.05, 0.1) is 31.2 Å². The van der Waals surface area contributed by atoms with Gasteiger partial charge in [0.15, 0.2) is 11.5 Å². The average molecular weight is 378 g/mol. The number of methoxy groups -OCH3 is 1. The van der Waals surface area contributed by atoms with Crippen molar-refractivity contribution in [2.45, 2.75) is 18.9 Å². The fraction of sp³-hybridized carbons (Fsp3) is 0.412. The summed E-state index contributed by atoms with van der Waals surface area (Å²) in [5.41, 5.74) is 0.570. The quantitative estimate of drug-likeness (QED) is 0.766. The Bertz CT molecular complexity index is 873. The van der Waals surface area contributed by atoms with E-state index in [0.717, 1.165) is 6.42 Å². The minimum Gasteiger partial charge on any atom is -0.493 e. The van der Waals surface area contributed by atoms with Crippen LogP contribution in [0.2, 0.25) is 0 Å². The van der Waals surface area contributed by atoms with Crippen LogP contribution in [0.25, 0.3) is 0 Å². The first-order valence-corrected chi connectivity index (χ1v) is 9.65. The van der Waals surface area contributed by atoms with Crippen molar-refractivity contribution in [2.75, 3.05) is 27.7 Å². The third-order valence-corrected chi connectivity index (χ3v) is 6.17. The zero-order valence-corrected chi connectivity index (χ0v) is 15.8. The van der Waals surface area contributed by atoms with Crippen LogP contribution < -0.4 is 9.47 Å². The predicted molar refractivity (Wildman–Crippen MR) is 96.4 cm³/mol. The number of para-hydroxylation sites is 2. The van der Waals surface area contributed by atoms with Crippen LogP contribution in [0.15, 0.2) is 36.7 Å². The summed E-state index contributed by atoms with van der Waals surface area (Å²) in [5, 5.41) is 0. The molecule has 0 N–H and O–H groups in total. The monoisotopic (exact) mass is 378 g/mol. The van der Waals surface area contributed by atoms with E-state index in [1.807, 2.05) is 12.1 Å². The van der Waals surface area contributed by atoms with Crippen LogP contribution in [0.1, 0.15) is 24.6 Å². The Hall–Kier alpha value is -2.23. The summed E-state index contributed by atoms with van der Waals surface area (Å²) in [6.45, 7) is 0.463. The summed E-state index contributed by atoms with van der Waals surface area (Å²) in [7, 11) is 1.09. The summed E-state index contributed by atoms with van der Waals surface area (Å²) in [6.07, 6.45) is 4.55. The van der Waals surface area contributed by atoms with Gasteiger partial charge in [0.1, 0.15) is 0 Å². The first-order chi connectivity index (χ1) is 12.4. The molecule has 3 rings (SSSR count). The van der Waals surface area contributed by atoms with Crippen molar-refractivity contribution in [3.05, 3.63) is 42.4 Å². The van der Waals surface area contributed by atoms with Crippen molar-refractivity contribution in [3.63, 3.8) is 0 Å². The van der Waals surface area contributed by atoms with Gasteiger partial charge in [-0.25, -0.2) is 4.98 Å². The highest BCUT2D eigenvalue weighted by atomic mass is 32.2. The molecule has 0 radical (unpaired) electrons. The molecule has 1 aromatic carbocycles. The lowest BCUT2D eigenvalue weighted by molar-refractivity contribution is 0.350. The van der Waals surface area contributed by atoms with Crippen molar-refractivity contribution in [1.29, 1.82) is 0 Å². The van der Waals surface area contributed by atoms with Crippen LogP contribution in [0, 0.1) is 0 Å². The maximum Gasteiger partial charge on any atom is 0.282 e. The van der Waals surface area contributed by atoms with Crippen LogP contribution in [-0.4, -0.2) is 54.7 Å². The third kappa shape index (κ3) is 3.64. The SMILES string of the molecule is COc1ccccc1Oc1cncc(C2CCCN2S(=O)(=O)N(C)C)n1. The maximum absolute atomic E-state index is 12.5. The highest BCUT2D eigenvalue weighted by Gasteiger charge is 2.37. The number of hydrogen-bond acceptors (Lipinski definition) is 6. The van der Waals surface area contributed by atoms with E-state index in [-0.39, 0.29) is 6.04 Å². The molecule has 1 aliphatic heterocycles. The van der Waals surface area contributed by atoms with Gasteiger partial charge >= 0.3 is 0 Å². The average Bonchev–Trinajstić information content (AvgIpc) is 3.13. The molecule has 2 heterocycles. The minimum atomic E-state index is -3.52. The van der Waals surface area contributed by atoms with Gasteiger partial charge in [-0.2, -0.15) is 17.0 Å². The van der Waals surface area contributed by atoms with Gasteiger partial charge in [-0.1, -0.05) is 12.1 Å². The first kappa shape index (κ1) is 18.6. The van der Waals surface area contributed by atoms with E-state index in [1.165, 1.54) is 28.9 Å². The van der Waals surface area contributed by atoms with E-state index in [4.69, 9.17) is 9.47 Å². The number of hydrogen-bond donors (Lipinski definition) is 0. The van der Waals surface area contributed by atoms with E-state index >= 15 is 0 Å². The van der Waals surface area contributed by atoms with Gasteiger partial charge in [0.25, 0.3) is 10.2 Å². The van der Waals surface area contributed by atoms with Crippen LogP contribution >= 0.6 is 0 Å². The number of aromatic nitrogens is 2. The van der Waals surface area contributed by atoms with Gasteiger partial charge in [-0.3, -0.25) is 4.98 Å². The normalized spacial score (nSPS) is 18.2. The van der Waals surface area contributed by atoms with Crippen molar-refractivity contribution in [3.8, 4) is 17.4 Å². The molecule has 1 fully saturated rings. The summed E-state index contributed by atoms with van der Waals surface area (Å²) in [5.74, 6) is 1.39. The van der Waals surface area contributed by atoms with Gasteiger partial charge in [-0.15, -0.1) is 0 Å². The number of benzene rings is 1. The van der Waals surface area contributed by atoms with Crippen LogP contribution in [-0.2, 0) is 10.2 Å². The Morgan fingerprint density at radius 3 is 2.62 bits per heavy atom. The van der Waals surface area contributed by atoms with Gasteiger partial charge in [0.2, 0.25) is 5.88 Å². The minimum absolute atomic E-state index is 0.293. The standard InChI is InChI=1S/C17H22N4O4S/c1-20(2)26(22,23)21-10-6-7-14(21)13-11-18-12-17(19-13)25-16-9-5-4-8-15(16)24-3/h4-5,8-9,11-12,14H,6-7,10H2,1-3H3. The molecule has 1 aliphatic rings. The van der Waals surface area contributed by atoms with E-state index in [9.17, 15) is 8.42 Å². The van der Waals surface area contributed by atoms with Gasteiger partial charge in [0, 0.05) is 20.6 Å². The fourth-order valence-corrected chi connectivity index (χ4v) is 4.22. The summed E-state index contributed by atoms with van der Waals surface area (Å²) in [6, 6.07) is 6.88. The molecule has 1 atom stereocenters. The van der Waals surface area contributed by atoms with Crippen LogP contribution in [0.3, 0.4) is 0 Å². The molecule has 0 spiro atoms. The molecule has 0 amide bonds. The smallest absolute Gasteiger partial charge is 0.282 e. The number of rotatable bonds is 6. The second-order valence-corrected chi connectivity index (χ2v) is 8.19. The van der Waals surface area contributed by atoms with Crippen molar-refractivity contribution >= 4 is 10.2 Å². The molecular formula is C17H22N4O4S. The van der Waals surface area contributed by atoms with Crippen molar-refractivity contribution in [2.24, 2.45) is 0 Å². The lowest BCUT2D eigenvalue weighted by Crippen LogP contribution is -2.39. The van der Waals surface area contributed by atoms with E-state index in [2.05, 4.69) is 9.97 Å². The second-order valence-electron chi connectivity index (χ2n) is 6.09. The fourth-order valence-electron chi connectivity index (χ4n) is 2.91. The summed E-state index contributed by atoms with van der Waals surface area (Å²) < 4.78 is 38.8. The van der Waals surface area contributed by atoms with Crippen molar-refractivity contribution in [1.82, 2.24) is 18.6 Å². The Balaban J connectivity index is 1.87. The van der Waals surface area contributed by atoms with E-state index in [1.54, 1.807) is 25.4 Å². The molecule has 2 aromatic rings. The summed E-state index contributed by atoms with van der Waals surface area (Å²) >= 11 is 0. The number of nitrogens with zero attached hydrogens (tertiary/aromatic N) is 4. The Morgan fingerprint density at radius 1 is 1.19 bits per heavy atom. The highest BCUT2D eigenvalue weighted by molar-refractivity contribution is 7.86. The molecule has 26 heavy (non-hydrogen) atoms. The largest absolute Gasteiger partial charge is 0.493 e. The molecule has 0 aliphatic carbocycles. The zero-order valence-electron chi connectivity index (χ0n) is 15.0. The molecule has 0 saturated carbocycles. The Kier molecular flexibility index (Phi) is 5.40. The topological polar surface area (TPSA) is 84.9 Å². The molecule has 1 unspecified atom stereocenters. The zero-order chi connectivity index (χ0) is 18.7. The van der Waals surface area contributed by atoms with Crippen LogP contribution in [0.4, 0.5) is 0 Å². The van der Waals surface area contributed by atoms with Crippen molar-refractivity contribution < 1.29 is 17.9 Å². The number of ether oxygens (including phenoxy) is 2. The third-order valence-electron chi connectivity index (χ3n) is 4.22. The molecule has 0 bridgehead atoms. The molecule has 1 aromatic heterocycles. The lowest BCUT2D eigenvalue weighted by Gasteiger charge is -2.26.